The number of nitrogens with one attached hydrogen (secondary N) is 1. The van der Waals surface area contributed by atoms with Crippen molar-refractivity contribution in [1.82, 2.24) is 5.32 Å². The summed E-state index contributed by atoms with van der Waals surface area (Å²) in [6.07, 6.45) is 3.99. The minimum Gasteiger partial charge on any atom is -0.493 e. The predicted molar refractivity (Wildman–Crippen MR) is 79.5 cm³/mol. The number of fused-ring (bicyclic) bond motifs is 1. The van der Waals surface area contributed by atoms with Gasteiger partial charge in [0.25, 0.3) is 0 Å². The van der Waals surface area contributed by atoms with Gasteiger partial charge in [0.05, 0.1) is 6.61 Å². The molecule has 0 saturated heterocycles. The minimum atomic E-state index is 0.847. The van der Waals surface area contributed by atoms with Gasteiger partial charge in [-0.25, -0.2) is 0 Å². The van der Waals surface area contributed by atoms with E-state index in [1.54, 1.807) is 0 Å². The summed E-state index contributed by atoms with van der Waals surface area (Å²) >= 11 is 0. The largest absolute Gasteiger partial charge is 0.493 e. The van der Waals surface area contributed by atoms with Gasteiger partial charge >= 0.3 is 0 Å². The molecule has 100 valence electrons. The van der Waals surface area contributed by atoms with E-state index in [0.717, 1.165) is 24.8 Å². The van der Waals surface area contributed by atoms with Crippen molar-refractivity contribution in [3.8, 4) is 5.75 Å². The number of benzene rings is 2. The molecule has 3 rings (SSSR count). The Balaban J connectivity index is 1.85. The number of hydrogen-bond donors (Lipinski definition) is 1. The first-order valence-corrected chi connectivity index (χ1v) is 7.16. The summed E-state index contributed by atoms with van der Waals surface area (Å²) < 4.78 is 6.01. The Morgan fingerprint density at radius 2 is 2.00 bits per heavy atom. The Kier molecular flexibility index (Phi) is 3.69. The summed E-state index contributed by atoms with van der Waals surface area (Å²) in [5, 5.41) is 5.82. The Bertz CT molecular complexity index is 560. The SMILES string of the molecule is CNCc1c(OCCC2CC2)ccc2ccccc12. The lowest BCUT2D eigenvalue weighted by Crippen LogP contribution is -2.09. The van der Waals surface area contributed by atoms with Gasteiger partial charge in [-0.1, -0.05) is 43.2 Å². The van der Waals surface area contributed by atoms with Crippen LogP contribution in [-0.2, 0) is 6.54 Å². The quantitative estimate of drug-likeness (QED) is 0.849. The lowest BCUT2D eigenvalue weighted by molar-refractivity contribution is 0.299. The van der Waals surface area contributed by atoms with Gasteiger partial charge in [-0.2, -0.15) is 0 Å². The molecule has 0 amide bonds. The third-order valence-corrected chi connectivity index (χ3v) is 3.83. The fourth-order valence-corrected chi connectivity index (χ4v) is 2.55. The van der Waals surface area contributed by atoms with Crippen LogP contribution in [0.5, 0.6) is 5.75 Å². The fourth-order valence-electron chi connectivity index (χ4n) is 2.55. The smallest absolute Gasteiger partial charge is 0.124 e. The minimum absolute atomic E-state index is 0.847. The molecule has 0 bridgehead atoms. The van der Waals surface area contributed by atoms with E-state index in [1.807, 2.05) is 7.05 Å². The van der Waals surface area contributed by atoms with Gasteiger partial charge in [-0.15, -0.1) is 0 Å². The molecule has 1 N–H and O–H groups in total. The molecule has 0 spiro atoms. The van der Waals surface area contributed by atoms with Gasteiger partial charge in [0, 0.05) is 12.1 Å². The highest BCUT2D eigenvalue weighted by molar-refractivity contribution is 5.87. The zero-order valence-electron chi connectivity index (χ0n) is 11.5. The van der Waals surface area contributed by atoms with Crippen molar-refractivity contribution >= 4 is 10.8 Å². The molecule has 0 aliphatic heterocycles. The Labute approximate surface area is 114 Å². The molecule has 1 aliphatic rings. The van der Waals surface area contributed by atoms with Crippen LogP contribution in [0.2, 0.25) is 0 Å². The Hall–Kier alpha value is -1.54. The standard InChI is InChI=1S/C17H21NO/c1-18-12-16-15-5-3-2-4-14(15)8-9-17(16)19-11-10-13-6-7-13/h2-5,8-9,13,18H,6-7,10-12H2,1H3. The molecule has 2 aromatic carbocycles. The molecule has 2 nitrogen and oxygen atoms in total. The maximum atomic E-state index is 6.01. The molecular weight excluding hydrogens is 234 g/mol. The summed E-state index contributed by atoms with van der Waals surface area (Å²) in [5.74, 6) is 1.96. The maximum Gasteiger partial charge on any atom is 0.124 e. The first-order valence-electron chi connectivity index (χ1n) is 7.16. The summed E-state index contributed by atoms with van der Waals surface area (Å²) in [4.78, 5) is 0. The van der Waals surface area contributed by atoms with Crippen molar-refractivity contribution in [2.45, 2.75) is 25.8 Å². The molecule has 1 saturated carbocycles. The zero-order chi connectivity index (χ0) is 13.1. The lowest BCUT2D eigenvalue weighted by atomic mass is 10.0. The molecule has 0 unspecified atom stereocenters. The van der Waals surface area contributed by atoms with Crippen LogP contribution in [0, 0.1) is 5.92 Å². The molecule has 0 radical (unpaired) electrons. The summed E-state index contributed by atoms with van der Waals surface area (Å²) in [7, 11) is 1.98. The second kappa shape index (κ2) is 5.62. The second-order valence-electron chi connectivity index (χ2n) is 5.37. The molecule has 1 fully saturated rings. The van der Waals surface area contributed by atoms with E-state index >= 15 is 0 Å². The van der Waals surface area contributed by atoms with Crippen LogP contribution in [0.15, 0.2) is 36.4 Å². The van der Waals surface area contributed by atoms with Crippen LogP contribution in [0.1, 0.15) is 24.8 Å². The highest BCUT2D eigenvalue weighted by Crippen LogP contribution is 2.33. The zero-order valence-corrected chi connectivity index (χ0v) is 11.5. The van der Waals surface area contributed by atoms with Gasteiger partial charge < -0.3 is 10.1 Å². The van der Waals surface area contributed by atoms with Gasteiger partial charge in [0.1, 0.15) is 5.75 Å². The van der Waals surface area contributed by atoms with Crippen molar-refractivity contribution in [2.75, 3.05) is 13.7 Å². The predicted octanol–water partition coefficient (Wildman–Crippen LogP) is 3.74. The van der Waals surface area contributed by atoms with E-state index in [1.165, 1.54) is 35.6 Å². The van der Waals surface area contributed by atoms with Crippen LogP contribution >= 0.6 is 0 Å². The van der Waals surface area contributed by atoms with Gasteiger partial charge in [0.2, 0.25) is 0 Å². The van der Waals surface area contributed by atoms with Gasteiger partial charge in [0.15, 0.2) is 0 Å². The van der Waals surface area contributed by atoms with E-state index < -0.39 is 0 Å². The van der Waals surface area contributed by atoms with Crippen LogP contribution in [0.3, 0.4) is 0 Å². The number of hydrogen-bond acceptors (Lipinski definition) is 2. The topological polar surface area (TPSA) is 21.3 Å². The number of rotatable bonds is 6. The number of ether oxygens (including phenoxy) is 1. The molecule has 2 aromatic rings. The van der Waals surface area contributed by atoms with Crippen LogP contribution in [0.25, 0.3) is 10.8 Å². The van der Waals surface area contributed by atoms with Crippen LogP contribution in [0.4, 0.5) is 0 Å². The third-order valence-electron chi connectivity index (χ3n) is 3.83. The van der Waals surface area contributed by atoms with Crippen molar-refractivity contribution in [3.05, 3.63) is 42.0 Å². The molecule has 0 aromatic heterocycles. The van der Waals surface area contributed by atoms with E-state index in [9.17, 15) is 0 Å². The van der Waals surface area contributed by atoms with Crippen molar-refractivity contribution in [2.24, 2.45) is 5.92 Å². The Morgan fingerprint density at radius 1 is 1.16 bits per heavy atom. The van der Waals surface area contributed by atoms with Gasteiger partial charge in [-0.05, 0) is 36.2 Å². The highest BCUT2D eigenvalue weighted by atomic mass is 16.5. The first-order chi connectivity index (χ1) is 9.38. The van der Waals surface area contributed by atoms with E-state index in [2.05, 4.69) is 41.7 Å². The van der Waals surface area contributed by atoms with Crippen molar-refractivity contribution in [3.63, 3.8) is 0 Å². The summed E-state index contributed by atoms with van der Waals surface area (Å²) in [6.45, 7) is 1.69. The van der Waals surface area contributed by atoms with E-state index in [4.69, 9.17) is 4.74 Å². The average Bonchev–Trinajstić information content (AvgIpc) is 3.25. The van der Waals surface area contributed by atoms with Crippen LogP contribution in [-0.4, -0.2) is 13.7 Å². The fraction of sp³-hybridized carbons (Fsp3) is 0.412. The first kappa shape index (κ1) is 12.5. The van der Waals surface area contributed by atoms with E-state index in [-0.39, 0.29) is 0 Å². The highest BCUT2D eigenvalue weighted by Gasteiger charge is 2.21. The Morgan fingerprint density at radius 3 is 2.79 bits per heavy atom. The molecule has 19 heavy (non-hydrogen) atoms. The molecule has 1 aliphatic carbocycles. The van der Waals surface area contributed by atoms with Crippen molar-refractivity contribution < 1.29 is 4.74 Å². The van der Waals surface area contributed by atoms with E-state index in [0.29, 0.717) is 0 Å². The maximum absolute atomic E-state index is 6.01. The van der Waals surface area contributed by atoms with Gasteiger partial charge in [-0.3, -0.25) is 0 Å². The van der Waals surface area contributed by atoms with Crippen LogP contribution < -0.4 is 10.1 Å². The molecule has 2 heteroatoms. The lowest BCUT2D eigenvalue weighted by Gasteiger charge is -2.14. The summed E-state index contributed by atoms with van der Waals surface area (Å²) in [6, 6.07) is 12.8. The second-order valence-corrected chi connectivity index (χ2v) is 5.37. The molecule has 0 heterocycles. The van der Waals surface area contributed by atoms with Crippen molar-refractivity contribution in [1.29, 1.82) is 0 Å². The normalized spacial score (nSPS) is 14.8. The summed E-state index contributed by atoms with van der Waals surface area (Å²) in [5.41, 5.74) is 1.27. The average molecular weight is 255 g/mol. The third kappa shape index (κ3) is 2.90. The monoisotopic (exact) mass is 255 g/mol. The molecule has 0 atom stereocenters. The molecular formula is C17H21NO.